The Hall–Kier alpha value is -2.29. The number of nitrogens with zero attached hydrogens (tertiary/aromatic N) is 1. The number of anilines is 1. The number of benzene rings is 2. The second-order valence-corrected chi connectivity index (χ2v) is 4.88. The fourth-order valence-electron chi connectivity index (χ4n) is 2.45. The zero-order valence-corrected chi connectivity index (χ0v) is 10.8. The molecule has 1 heterocycles. The predicted molar refractivity (Wildman–Crippen MR) is 74.7 cm³/mol. The molecule has 0 atom stereocenters. The fraction of sp³-hybridized carbons (Fsp3) is 0.188. The molecular weight excluding hydrogens is 238 g/mol. The number of amides is 1. The van der Waals surface area contributed by atoms with Crippen molar-refractivity contribution in [3.63, 3.8) is 0 Å². The van der Waals surface area contributed by atoms with Gasteiger partial charge < -0.3 is 10.0 Å². The Morgan fingerprint density at radius 2 is 1.84 bits per heavy atom. The molecule has 3 heteroatoms. The van der Waals surface area contributed by atoms with Gasteiger partial charge in [0.1, 0.15) is 5.75 Å². The lowest BCUT2D eigenvalue weighted by Gasteiger charge is -2.28. The third-order valence-electron chi connectivity index (χ3n) is 3.51. The van der Waals surface area contributed by atoms with Crippen LogP contribution < -0.4 is 4.90 Å². The number of phenolic OH excluding ortho intramolecular Hbond substituents is 1. The van der Waals surface area contributed by atoms with Crippen LogP contribution in [0.5, 0.6) is 5.75 Å². The highest BCUT2D eigenvalue weighted by Gasteiger charge is 2.25. The van der Waals surface area contributed by atoms with Crippen molar-refractivity contribution >= 4 is 11.6 Å². The lowest BCUT2D eigenvalue weighted by molar-refractivity contribution is 0.0980. The maximum Gasteiger partial charge on any atom is 0.258 e. The normalized spacial score (nSPS) is 14.4. The van der Waals surface area contributed by atoms with Gasteiger partial charge in [-0.2, -0.15) is 0 Å². The Morgan fingerprint density at radius 1 is 1.11 bits per heavy atom. The molecule has 2 aromatic rings. The second kappa shape index (κ2) is 4.43. The van der Waals surface area contributed by atoms with Gasteiger partial charge in [0, 0.05) is 17.8 Å². The molecule has 0 saturated heterocycles. The lowest BCUT2D eigenvalue weighted by atomic mass is 9.98. The molecular formula is C16H15NO2. The average molecular weight is 253 g/mol. The summed E-state index contributed by atoms with van der Waals surface area (Å²) in [5, 5.41) is 9.46. The van der Waals surface area contributed by atoms with Crippen LogP contribution in [0.2, 0.25) is 0 Å². The molecule has 0 aliphatic carbocycles. The van der Waals surface area contributed by atoms with Crippen molar-refractivity contribution in [1.29, 1.82) is 0 Å². The molecule has 1 aliphatic heterocycles. The Kier molecular flexibility index (Phi) is 2.75. The van der Waals surface area contributed by atoms with E-state index in [1.165, 1.54) is 5.56 Å². The van der Waals surface area contributed by atoms with Crippen molar-refractivity contribution in [3.05, 3.63) is 59.2 Å². The van der Waals surface area contributed by atoms with Crippen LogP contribution in [0, 0.1) is 6.92 Å². The first-order valence-corrected chi connectivity index (χ1v) is 6.35. The van der Waals surface area contributed by atoms with Gasteiger partial charge in [-0.05, 0) is 49.2 Å². The Bertz CT molecular complexity index is 632. The predicted octanol–water partition coefficient (Wildman–Crippen LogP) is 2.90. The quantitative estimate of drug-likeness (QED) is 0.849. The van der Waals surface area contributed by atoms with Crippen LogP contribution in [0.4, 0.5) is 5.69 Å². The van der Waals surface area contributed by atoms with Crippen molar-refractivity contribution < 1.29 is 9.90 Å². The summed E-state index contributed by atoms with van der Waals surface area (Å²) in [4.78, 5) is 14.2. The van der Waals surface area contributed by atoms with Crippen LogP contribution in [0.25, 0.3) is 0 Å². The molecule has 96 valence electrons. The minimum atomic E-state index is 0.00473. The third kappa shape index (κ3) is 2.08. The van der Waals surface area contributed by atoms with Gasteiger partial charge in [0.2, 0.25) is 0 Å². The van der Waals surface area contributed by atoms with E-state index >= 15 is 0 Å². The molecule has 1 N–H and O–H groups in total. The van der Waals surface area contributed by atoms with E-state index in [9.17, 15) is 9.90 Å². The third-order valence-corrected chi connectivity index (χ3v) is 3.51. The van der Waals surface area contributed by atoms with Crippen molar-refractivity contribution in [2.24, 2.45) is 0 Å². The number of aryl methyl sites for hydroxylation is 1. The minimum absolute atomic E-state index is 0.00473. The zero-order valence-electron chi connectivity index (χ0n) is 10.8. The number of phenols is 1. The topological polar surface area (TPSA) is 40.5 Å². The SMILES string of the molecule is Cc1ccc(N2CCc3cc(O)ccc3C2=O)cc1. The van der Waals surface area contributed by atoms with Gasteiger partial charge >= 0.3 is 0 Å². The summed E-state index contributed by atoms with van der Waals surface area (Å²) in [6, 6.07) is 12.9. The van der Waals surface area contributed by atoms with Crippen molar-refractivity contribution in [3.8, 4) is 5.75 Å². The molecule has 1 aliphatic rings. The van der Waals surface area contributed by atoms with E-state index in [-0.39, 0.29) is 11.7 Å². The van der Waals surface area contributed by atoms with Gasteiger partial charge in [0.25, 0.3) is 5.91 Å². The number of hydrogen-bond donors (Lipinski definition) is 1. The summed E-state index contributed by atoms with van der Waals surface area (Å²) in [6.07, 6.45) is 0.767. The Morgan fingerprint density at radius 3 is 2.58 bits per heavy atom. The van der Waals surface area contributed by atoms with Gasteiger partial charge in [0.05, 0.1) is 0 Å². The molecule has 0 saturated carbocycles. The first kappa shape index (κ1) is 11.8. The number of rotatable bonds is 1. The lowest BCUT2D eigenvalue weighted by Crippen LogP contribution is -2.37. The van der Waals surface area contributed by atoms with Gasteiger partial charge in [-0.15, -0.1) is 0 Å². The summed E-state index contributed by atoms with van der Waals surface area (Å²) >= 11 is 0. The molecule has 0 radical (unpaired) electrons. The van der Waals surface area contributed by atoms with Gasteiger partial charge in [0.15, 0.2) is 0 Å². The van der Waals surface area contributed by atoms with Crippen molar-refractivity contribution in [2.75, 3.05) is 11.4 Å². The largest absolute Gasteiger partial charge is 0.508 e. The van der Waals surface area contributed by atoms with Crippen LogP contribution in [0.3, 0.4) is 0 Å². The first-order chi connectivity index (χ1) is 9.15. The zero-order chi connectivity index (χ0) is 13.4. The van der Waals surface area contributed by atoms with Gasteiger partial charge in [-0.3, -0.25) is 4.79 Å². The van der Waals surface area contributed by atoms with E-state index in [1.54, 1.807) is 23.1 Å². The van der Waals surface area contributed by atoms with E-state index in [4.69, 9.17) is 0 Å². The minimum Gasteiger partial charge on any atom is -0.508 e. The molecule has 19 heavy (non-hydrogen) atoms. The van der Waals surface area contributed by atoms with E-state index in [0.29, 0.717) is 12.1 Å². The molecule has 0 unspecified atom stereocenters. The van der Waals surface area contributed by atoms with Gasteiger partial charge in [-0.25, -0.2) is 0 Å². The maximum absolute atomic E-state index is 12.5. The number of hydrogen-bond acceptors (Lipinski definition) is 2. The van der Waals surface area contributed by atoms with Crippen LogP contribution in [-0.4, -0.2) is 17.6 Å². The molecule has 1 amide bonds. The summed E-state index contributed by atoms with van der Waals surface area (Å²) in [5.74, 6) is 0.223. The van der Waals surface area contributed by atoms with E-state index in [1.807, 2.05) is 31.2 Å². The van der Waals surface area contributed by atoms with E-state index < -0.39 is 0 Å². The van der Waals surface area contributed by atoms with Crippen LogP contribution >= 0.6 is 0 Å². The maximum atomic E-state index is 12.5. The van der Waals surface area contributed by atoms with Crippen LogP contribution in [-0.2, 0) is 6.42 Å². The molecule has 0 aromatic heterocycles. The number of carbonyl (C=O) groups excluding carboxylic acids is 1. The highest BCUT2D eigenvalue weighted by atomic mass is 16.3. The highest BCUT2D eigenvalue weighted by molar-refractivity contribution is 6.08. The van der Waals surface area contributed by atoms with E-state index in [2.05, 4.69) is 0 Å². The Labute approximate surface area is 112 Å². The molecule has 3 rings (SSSR count). The smallest absolute Gasteiger partial charge is 0.258 e. The van der Waals surface area contributed by atoms with Gasteiger partial charge in [-0.1, -0.05) is 17.7 Å². The molecule has 0 bridgehead atoms. The molecule has 0 spiro atoms. The molecule has 0 fully saturated rings. The summed E-state index contributed by atoms with van der Waals surface area (Å²) in [5.41, 5.74) is 3.71. The average Bonchev–Trinajstić information content (AvgIpc) is 2.40. The van der Waals surface area contributed by atoms with Crippen LogP contribution in [0.15, 0.2) is 42.5 Å². The number of aromatic hydroxyl groups is 1. The first-order valence-electron chi connectivity index (χ1n) is 6.35. The van der Waals surface area contributed by atoms with E-state index in [0.717, 1.165) is 17.7 Å². The summed E-state index contributed by atoms with van der Waals surface area (Å²) in [6.45, 7) is 2.68. The summed E-state index contributed by atoms with van der Waals surface area (Å²) < 4.78 is 0. The fourth-order valence-corrected chi connectivity index (χ4v) is 2.45. The highest BCUT2D eigenvalue weighted by Crippen LogP contribution is 2.26. The molecule has 2 aromatic carbocycles. The monoisotopic (exact) mass is 253 g/mol. The number of fused-ring (bicyclic) bond motifs is 1. The Balaban J connectivity index is 1.97. The second-order valence-electron chi connectivity index (χ2n) is 4.88. The van der Waals surface area contributed by atoms with Crippen molar-refractivity contribution in [1.82, 2.24) is 0 Å². The summed E-state index contributed by atoms with van der Waals surface area (Å²) in [7, 11) is 0. The van der Waals surface area contributed by atoms with Crippen molar-refractivity contribution in [2.45, 2.75) is 13.3 Å². The number of carbonyl (C=O) groups is 1. The van der Waals surface area contributed by atoms with Crippen LogP contribution in [0.1, 0.15) is 21.5 Å². The molecule has 3 nitrogen and oxygen atoms in total. The standard InChI is InChI=1S/C16H15NO2/c1-11-2-4-13(5-3-11)17-9-8-12-10-14(18)6-7-15(12)16(17)19/h2-7,10,18H,8-9H2,1H3.